The molecule has 3 aromatic heterocycles. The first-order valence-electron chi connectivity index (χ1n) is 6.47. The van der Waals surface area contributed by atoms with E-state index in [2.05, 4.69) is 15.1 Å². The summed E-state index contributed by atoms with van der Waals surface area (Å²) >= 11 is 0. The summed E-state index contributed by atoms with van der Waals surface area (Å²) < 4.78 is 1.79. The molecule has 20 heavy (non-hydrogen) atoms. The molecule has 0 bridgehead atoms. The lowest BCUT2D eigenvalue weighted by Gasteiger charge is -2.17. The number of nitrogens with zero attached hydrogens (tertiary/aromatic N) is 5. The topological polar surface area (TPSA) is 72.3 Å². The Labute approximate surface area is 116 Å². The lowest BCUT2D eigenvalue weighted by Crippen LogP contribution is -2.12. The summed E-state index contributed by atoms with van der Waals surface area (Å²) in [5.41, 5.74) is 8.38. The van der Waals surface area contributed by atoms with Crippen LogP contribution in [0.1, 0.15) is 5.69 Å². The van der Waals surface area contributed by atoms with E-state index in [0.717, 1.165) is 29.3 Å². The molecule has 3 aromatic rings. The van der Waals surface area contributed by atoms with E-state index in [0.29, 0.717) is 6.54 Å². The number of anilines is 2. The van der Waals surface area contributed by atoms with Crippen molar-refractivity contribution < 1.29 is 0 Å². The van der Waals surface area contributed by atoms with Crippen molar-refractivity contribution in [3.63, 3.8) is 0 Å². The molecule has 0 atom stereocenters. The van der Waals surface area contributed by atoms with Gasteiger partial charge in [-0.2, -0.15) is 0 Å². The fraction of sp³-hybridized carbons (Fsp3) is 0.214. The Morgan fingerprint density at radius 3 is 2.75 bits per heavy atom. The van der Waals surface area contributed by atoms with E-state index in [9.17, 15) is 0 Å². The smallest absolute Gasteiger partial charge is 0.153 e. The highest BCUT2D eigenvalue weighted by molar-refractivity contribution is 5.59. The van der Waals surface area contributed by atoms with Crippen LogP contribution in [0.3, 0.4) is 0 Å². The van der Waals surface area contributed by atoms with Crippen molar-refractivity contribution in [1.82, 2.24) is 19.6 Å². The molecule has 2 N–H and O–H groups in total. The SMILES string of the molecule is CN(c1ccncc1)c1ccc2nc(CCN)cn2n1. The second kappa shape index (κ2) is 5.26. The summed E-state index contributed by atoms with van der Waals surface area (Å²) in [5.74, 6) is 0.848. The Hall–Kier alpha value is -2.47. The molecule has 3 heterocycles. The van der Waals surface area contributed by atoms with Crippen LogP contribution in [0.5, 0.6) is 0 Å². The van der Waals surface area contributed by atoms with E-state index < -0.39 is 0 Å². The number of pyridine rings is 1. The number of aromatic nitrogens is 4. The Morgan fingerprint density at radius 2 is 2.00 bits per heavy atom. The molecular weight excluding hydrogens is 252 g/mol. The van der Waals surface area contributed by atoms with Crippen molar-refractivity contribution in [2.45, 2.75) is 6.42 Å². The number of imidazole rings is 1. The number of rotatable bonds is 4. The molecule has 0 aromatic carbocycles. The van der Waals surface area contributed by atoms with Gasteiger partial charge in [0.05, 0.1) is 11.9 Å². The number of nitrogens with two attached hydrogens (primary N) is 1. The van der Waals surface area contributed by atoms with Gasteiger partial charge in [0.15, 0.2) is 11.5 Å². The van der Waals surface area contributed by atoms with Gasteiger partial charge in [0.25, 0.3) is 0 Å². The van der Waals surface area contributed by atoms with Gasteiger partial charge < -0.3 is 10.6 Å². The van der Waals surface area contributed by atoms with Crippen molar-refractivity contribution in [1.29, 1.82) is 0 Å². The van der Waals surface area contributed by atoms with Crippen LogP contribution in [-0.2, 0) is 6.42 Å². The highest BCUT2D eigenvalue weighted by Crippen LogP contribution is 2.20. The van der Waals surface area contributed by atoms with Crippen LogP contribution >= 0.6 is 0 Å². The number of hydrogen-bond donors (Lipinski definition) is 1. The maximum absolute atomic E-state index is 5.55. The Kier molecular flexibility index (Phi) is 3.30. The van der Waals surface area contributed by atoms with Gasteiger partial charge in [-0.1, -0.05) is 0 Å². The normalized spacial score (nSPS) is 10.9. The van der Waals surface area contributed by atoms with Crippen molar-refractivity contribution in [2.75, 3.05) is 18.5 Å². The van der Waals surface area contributed by atoms with Crippen molar-refractivity contribution in [2.24, 2.45) is 5.73 Å². The summed E-state index contributed by atoms with van der Waals surface area (Å²) in [7, 11) is 1.97. The first kappa shape index (κ1) is 12.6. The fourth-order valence-corrected chi connectivity index (χ4v) is 2.07. The highest BCUT2D eigenvalue weighted by Gasteiger charge is 2.08. The van der Waals surface area contributed by atoms with Crippen LogP contribution in [0.2, 0.25) is 0 Å². The molecule has 0 amide bonds. The zero-order valence-electron chi connectivity index (χ0n) is 11.3. The van der Waals surface area contributed by atoms with Crippen LogP contribution < -0.4 is 10.6 Å². The maximum atomic E-state index is 5.55. The number of hydrogen-bond acceptors (Lipinski definition) is 5. The van der Waals surface area contributed by atoms with Crippen molar-refractivity contribution >= 4 is 17.2 Å². The molecule has 0 aliphatic rings. The van der Waals surface area contributed by atoms with Gasteiger partial charge in [0.2, 0.25) is 0 Å². The molecule has 0 saturated heterocycles. The van der Waals surface area contributed by atoms with Gasteiger partial charge >= 0.3 is 0 Å². The average Bonchev–Trinajstić information content (AvgIpc) is 2.89. The summed E-state index contributed by atoms with van der Waals surface area (Å²) in [5, 5.41) is 4.57. The van der Waals surface area contributed by atoms with E-state index in [1.165, 1.54) is 0 Å². The van der Waals surface area contributed by atoms with Gasteiger partial charge in [-0.25, -0.2) is 9.50 Å². The third-order valence-corrected chi connectivity index (χ3v) is 3.15. The minimum absolute atomic E-state index is 0.591. The molecule has 0 aliphatic heterocycles. The third kappa shape index (κ3) is 2.33. The van der Waals surface area contributed by atoms with Crippen LogP contribution in [0, 0.1) is 0 Å². The summed E-state index contributed by atoms with van der Waals surface area (Å²) in [6.07, 6.45) is 6.22. The second-order valence-corrected chi connectivity index (χ2v) is 4.53. The van der Waals surface area contributed by atoms with Crippen LogP contribution in [-0.4, -0.2) is 33.2 Å². The molecule has 0 unspecified atom stereocenters. The largest absolute Gasteiger partial charge is 0.330 e. The van der Waals surface area contributed by atoms with E-state index in [1.54, 1.807) is 16.9 Å². The van der Waals surface area contributed by atoms with E-state index in [-0.39, 0.29) is 0 Å². The van der Waals surface area contributed by atoms with Gasteiger partial charge in [-0.15, -0.1) is 5.10 Å². The minimum atomic E-state index is 0.591. The van der Waals surface area contributed by atoms with Gasteiger partial charge in [0.1, 0.15) is 0 Å². The molecule has 3 rings (SSSR count). The van der Waals surface area contributed by atoms with E-state index >= 15 is 0 Å². The minimum Gasteiger partial charge on any atom is -0.330 e. The number of fused-ring (bicyclic) bond motifs is 1. The molecule has 0 aliphatic carbocycles. The predicted octanol–water partition coefficient (Wildman–Crippen LogP) is 1.39. The van der Waals surface area contributed by atoms with E-state index in [4.69, 9.17) is 5.73 Å². The summed E-state index contributed by atoms with van der Waals surface area (Å²) in [6.45, 7) is 0.591. The Balaban J connectivity index is 1.96. The van der Waals surface area contributed by atoms with Crippen molar-refractivity contribution in [3.8, 4) is 0 Å². The molecular formula is C14H16N6. The summed E-state index contributed by atoms with van der Waals surface area (Å²) in [6, 6.07) is 7.80. The quantitative estimate of drug-likeness (QED) is 0.774. The standard InChI is InChI=1S/C14H16N6/c1-19(12-5-8-16-9-6-12)14-3-2-13-17-11(4-7-15)10-20(13)18-14/h2-3,5-6,8-10H,4,7,15H2,1H3. The molecule has 0 radical (unpaired) electrons. The first-order valence-corrected chi connectivity index (χ1v) is 6.47. The lowest BCUT2D eigenvalue weighted by atomic mass is 10.3. The highest BCUT2D eigenvalue weighted by atomic mass is 15.3. The lowest BCUT2D eigenvalue weighted by molar-refractivity contribution is 0.902. The predicted molar refractivity (Wildman–Crippen MR) is 78.0 cm³/mol. The maximum Gasteiger partial charge on any atom is 0.153 e. The average molecular weight is 268 g/mol. The molecule has 0 saturated carbocycles. The molecule has 6 heteroatoms. The van der Waals surface area contributed by atoms with Gasteiger partial charge in [0, 0.05) is 31.5 Å². The second-order valence-electron chi connectivity index (χ2n) is 4.53. The van der Waals surface area contributed by atoms with Crippen LogP contribution in [0.4, 0.5) is 11.5 Å². The fourth-order valence-electron chi connectivity index (χ4n) is 2.07. The van der Waals surface area contributed by atoms with Crippen molar-refractivity contribution in [3.05, 3.63) is 48.5 Å². The van der Waals surface area contributed by atoms with Gasteiger partial charge in [-0.3, -0.25) is 4.98 Å². The monoisotopic (exact) mass is 268 g/mol. The first-order chi connectivity index (χ1) is 9.78. The molecule has 102 valence electrons. The molecule has 0 spiro atoms. The molecule has 0 fully saturated rings. The summed E-state index contributed by atoms with van der Waals surface area (Å²) in [4.78, 5) is 10.5. The van der Waals surface area contributed by atoms with E-state index in [1.807, 2.05) is 42.4 Å². The van der Waals surface area contributed by atoms with Crippen LogP contribution in [0.25, 0.3) is 5.65 Å². The van der Waals surface area contributed by atoms with Crippen LogP contribution in [0.15, 0.2) is 42.9 Å². The third-order valence-electron chi connectivity index (χ3n) is 3.15. The molecule has 6 nitrogen and oxygen atoms in total. The Bertz CT molecular complexity index is 706. The Morgan fingerprint density at radius 1 is 1.20 bits per heavy atom. The zero-order valence-corrected chi connectivity index (χ0v) is 11.3. The van der Waals surface area contributed by atoms with Gasteiger partial charge in [-0.05, 0) is 30.8 Å². The zero-order chi connectivity index (χ0) is 13.9.